The number of aryl methyl sites for hydroxylation is 1. The minimum absolute atomic E-state index is 0.417. The Hall–Kier alpha value is -0.0600. The highest BCUT2D eigenvalue weighted by Crippen LogP contribution is 2.45. The van der Waals surface area contributed by atoms with E-state index in [4.69, 9.17) is 0 Å². The second-order valence-corrected chi connectivity index (χ2v) is 7.82. The molecule has 2 unspecified atom stereocenters. The topological polar surface area (TPSA) is 24.9 Å². The Labute approximate surface area is 113 Å². The summed E-state index contributed by atoms with van der Waals surface area (Å²) in [5, 5.41) is 6.49. The molecule has 0 saturated heterocycles. The van der Waals surface area contributed by atoms with Crippen molar-refractivity contribution in [3.8, 4) is 0 Å². The summed E-state index contributed by atoms with van der Waals surface area (Å²) in [7, 11) is 0. The number of nitrogens with zero attached hydrogens (tertiary/aromatic N) is 1. The Morgan fingerprint density at radius 2 is 2.35 bits per heavy atom. The van der Waals surface area contributed by atoms with Crippen LogP contribution in [0.3, 0.4) is 0 Å². The Balaban J connectivity index is 2.05. The Kier molecular flexibility index (Phi) is 4.16. The lowest BCUT2D eigenvalue weighted by molar-refractivity contribution is 0.290. The van der Waals surface area contributed by atoms with Crippen LogP contribution in [0.15, 0.2) is 9.72 Å². The summed E-state index contributed by atoms with van der Waals surface area (Å²) >= 11 is 3.75. The van der Waals surface area contributed by atoms with E-state index in [0.29, 0.717) is 16.7 Å². The summed E-state index contributed by atoms with van der Waals surface area (Å²) < 4.78 is 1.23. The van der Waals surface area contributed by atoms with Crippen molar-refractivity contribution in [3.63, 3.8) is 0 Å². The standard InChI is InChI=1S/C13H22N2S2/c1-5-14-11-10(6-7-13(11,3)4)17-12-15-9(2)8-16-12/h8,10-11,14H,5-7H2,1-4H3. The lowest BCUT2D eigenvalue weighted by Crippen LogP contribution is -2.43. The molecule has 0 aliphatic heterocycles. The van der Waals surface area contributed by atoms with Gasteiger partial charge in [0.15, 0.2) is 0 Å². The Morgan fingerprint density at radius 1 is 1.59 bits per heavy atom. The van der Waals surface area contributed by atoms with Crippen molar-refractivity contribution >= 4 is 23.1 Å². The van der Waals surface area contributed by atoms with Gasteiger partial charge in [-0.1, -0.05) is 32.5 Å². The third kappa shape index (κ3) is 3.04. The minimum Gasteiger partial charge on any atom is -0.313 e. The average molecular weight is 270 g/mol. The first-order valence-electron chi connectivity index (χ1n) is 6.35. The van der Waals surface area contributed by atoms with Crippen molar-refractivity contribution in [2.24, 2.45) is 5.41 Å². The molecule has 1 aliphatic rings. The molecule has 0 bridgehead atoms. The summed E-state index contributed by atoms with van der Waals surface area (Å²) in [6.45, 7) is 10.1. The van der Waals surface area contributed by atoms with E-state index < -0.39 is 0 Å². The summed E-state index contributed by atoms with van der Waals surface area (Å²) in [4.78, 5) is 4.57. The van der Waals surface area contributed by atoms with Crippen LogP contribution in [0.1, 0.15) is 39.3 Å². The van der Waals surface area contributed by atoms with Crippen molar-refractivity contribution < 1.29 is 0 Å². The van der Waals surface area contributed by atoms with Crippen LogP contribution in [0.5, 0.6) is 0 Å². The molecule has 1 saturated carbocycles. The maximum atomic E-state index is 4.57. The van der Waals surface area contributed by atoms with Crippen LogP contribution in [0.2, 0.25) is 0 Å². The van der Waals surface area contributed by atoms with E-state index in [-0.39, 0.29) is 0 Å². The highest BCUT2D eigenvalue weighted by molar-refractivity contribution is 8.01. The smallest absolute Gasteiger partial charge is 0.150 e. The van der Waals surface area contributed by atoms with E-state index in [0.717, 1.165) is 12.2 Å². The predicted molar refractivity (Wildman–Crippen MR) is 77.0 cm³/mol. The molecule has 0 amide bonds. The molecular formula is C13H22N2S2. The van der Waals surface area contributed by atoms with Crippen molar-refractivity contribution in [3.05, 3.63) is 11.1 Å². The number of thioether (sulfide) groups is 1. The van der Waals surface area contributed by atoms with E-state index in [1.807, 2.05) is 11.8 Å². The van der Waals surface area contributed by atoms with E-state index >= 15 is 0 Å². The molecule has 96 valence electrons. The van der Waals surface area contributed by atoms with Crippen molar-refractivity contribution in [1.82, 2.24) is 10.3 Å². The molecule has 1 heterocycles. The first kappa shape index (κ1) is 13.4. The second-order valence-electron chi connectivity index (χ2n) is 5.47. The molecule has 1 aromatic heterocycles. The molecule has 2 atom stereocenters. The van der Waals surface area contributed by atoms with Gasteiger partial charge in [0.05, 0.1) is 0 Å². The van der Waals surface area contributed by atoms with Crippen molar-refractivity contribution in [1.29, 1.82) is 0 Å². The molecule has 1 N–H and O–H groups in total. The third-order valence-corrected chi connectivity index (χ3v) is 5.99. The van der Waals surface area contributed by atoms with Crippen LogP contribution in [0, 0.1) is 12.3 Å². The molecule has 0 aromatic carbocycles. The van der Waals surface area contributed by atoms with Crippen molar-refractivity contribution in [2.45, 2.75) is 56.2 Å². The quantitative estimate of drug-likeness (QED) is 0.903. The first-order chi connectivity index (χ1) is 8.03. The Morgan fingerprint density at radius 3 is 2.94 bits per heavy atom. The van der Waals surface area contributed by atoms with Crippen LogP contribution in [-0.4, -0.2) is 22.8 Å². The molecule has 1 fully saturated rings. The van der Waals surface area contributed by atoms with Gasteiger partial charge in [-0.2, -0.15) is 0 Å². The zero-order valence-electron chi connectivity index (χ0n) is 11.1. The number of nitrogens with one attached hydrogen (secondary N) is 1. The van der Waals surface area contributed by atoms with E-state index in [2.05, 4.69) is 43.4 Å². The molecular weight excluding hydrogens is 248 g/mol. The maximum absolute atomic E-state index is 4.57. The number of hydrogen-bond acceptors (Lipinski definition) is 4. The van der Waals surface area contributed by atoms with Crippen LogP contribution in [0.4, 0.5) is 0 Å². The van der Waals surface area contributed by atoms with Gasteiger partial charge in [0.2, 0.25) is 0 Å². The first-order valence-corrected chi connectivity index (χ1v) is 8.11. The van der Waals surface area contributed by atoms with Gasteiger partial charge in [0.1, 0.15) is 4.34 Å². The highest BCUT2D eigenvalue weighted by Gasteiger charge is 2.42. The van der Waals surface area contributed by atoms with Gasteiger partial charge in [0, 0.05) is 22.4 Å². The largest absolute Gasteiger partial charge is 0.313 e. The molecule has 0 spiro atoms. The fraction of sp³-hybridized carbons (Fsp3) is 0.769. The fourth-order valence-electron chi connectivity index (χ4n) is 2.61. The fourth-order valence-corrected chi connectivity index (χ4v) is 5.16. The van der Waals surface area contributed by atoms with Crippen LogP contribution in [-0.2, 0) is 0 Å². The van der Waals surface area contributed by atoms with Crippen LogP contribution < -0.4 is 5.32 Å². The number of hydrogen-bond donors (Lipinski definition) is 1. The maximum Gasteiger partial charge on any atom is 0.150 e. The van der Waals surface area contributed by atoms with Gasteiger partial charge < -0.3 is 5.32 Å². The minimum atomic E-state index is 0.417. The molecule has 1 aliphatic carbocycles. The summed E-state index contributed by atoms with van der Waals surface area (Å²) in [5.41, 5.74) is 1.56. The van der Waals surface area contributed by atoms with E-state index in [1.54, 1.807) is 11.3 Å². The molecule has 4 heteroatoms. The normalized spacial score (nSPS) is 27.5. The SMILES string of the molecule is CCNC1C(Sc2nc(C)cs2)CCC1(C)C. The zero-order chi connectivity index (χ0) is 12.5. The van der Waals surface area contributed by atoms with Crippen LogP contribution in [0.25, 0.3) is 0 Å². The predicted octanol–water partition coefficient (Wildman–Crippen LogP) is 3.71. The number of rotatable bonds is 4. The molecule has 0 radical (unpaired) electrons. The number of thiazole rings is 1. The lowest BCUT2D eigenvalue weighted by atomic mass is 9.87. The number of aromatic nitrogens is 1. The van der Waals surface area contributed by atoms with Gasteiger partial charge in [-0.25, -0.2) is 4.98 Å². The van der Waals surface area contributed by atoms with E-state index in [1.165, 1.54) is 17.2 Å². The monoisotopic (exact) mass is 270 g/mol. The lowest BCUT2D eigenvalue weighted by Gasteiger charge is -2.30. The van der Waals surface area contributed by atoms with E-state index in [9.17, 15) is 0 Å². The average Bonchev–Trinajstić information content (AvgIpc) is 2.77. The van der Waals surface area contributed by atoms with Gasteiger partial charge in [-0.3, -0.25) is 0 Å². The van der Waals surface area contributed by atoms with Gasteiger partial charge in [-0.15, -0.1) is 11.3 Å². The summed E-state index contributed by atoms with van der Waals surface area (Å²) in [6, 6.07) is 0.613. The van der Waals surface area contributed by atoms with Gasteiger partial charge in [-0.05, 0) is 31.7 Å². The van der Waals surface area contributed by atoms with Gasteiger partial charge in [0.25, 0.3) is 0 Å². The van der Waals surface area contributed by atoms with Gasteiger partial charge >= 0.3 is 0 Å². The van der Waals surface area contributed by atoms with Crippen LogP contribution >= 0.6 is 23.1 Å². The van der Waals surface area contributed by atoms with Crippen molar-refractivity contribution in [2.75, 3.05) is 6.54 Å². The molecule has 1 aromatic rings. The second kappa shape index (κ2) is 5.29. The summed E-state index contributed by atoms with van der Waals surface area (Å²) in [6.07, 6.45) is 2.61. The Bertz CT molecular complexity index is 373. The molecule has 17 heavy (non-hydrogen) atoms. The summed E-state index contributed by atoms with van der Waals surface area (Å²) in [5.74, 6) is 0. The third-order valence-electron chi connectivity index (χ3n) is 3.56. The molecule has 2 rings (SSSR count). The zero-order valence-corrected chi connectivity index (χ0v) is 12.8. The molecule has 2 nitrogen and oxygen atoms in total. The highest BCUT2D eigenvalue weighted by atomic mass is 32.2.